The molecule has 4 heterocycles. The van der Waals surface area contributed by atoms with Crippen molar-refractivity contribution in [1.82, 2.24) is 15.2 Å². The van der Waals surface area contributed by atoms with Gasteiger partial charge in [0.15, 0.2) is 0 Å². The molecule has 3 saturated heterocycles. The normalized spacial score (nSPS) is 19.5. The van der Waals surface area contributed by atoms with E-state index in [1.807, 2.05) is 42.2 Å². The SMILES string of the molecule is Cc1ccncc1N(C(=O)C1CNC1)c1ccc(OC2CCN(C(=O)CC3CCOCC3)CC2)cc1. The minimum Gasteiger partial charge on any atom is -0.490 e. The fourth-order valence-corrected chi connectivity index (χ4v) is 5.14. The van der Waals surface area contributed by atoms with Gasteiger partial charge in [-0.3, -0.25) is 19.5 Å². The highest BCUT2D eigenvalue weighted by Gasteiger charge is 2.32. The van der Waals surface area contributed by atoms with Crippen LogP contribution >= 0.6 is 0 Å². The Morgan fingerprint density at radius 2 is 1.81 bits per heavy atom. The largest absolute Gasteiger partial charge is 0.490 e. The van der Waals surface area contributed by atoms with Crippen LogP contribution in [0.3, 0.4) is 0 Å². The smallest absolute Gasteiger partial charge is 0.237 e. The van der Waals surface area contributed by atoms with E-state index in [0.717, 1.165) is 74.7 Å². The number of benzene rings is 1. The molecule has 3 fully saturated rings. The van der Waals surface area contributed by atoms with E-state index < -0.39 is 0 Å². The highest BCUT2D eigenvalue weighted by Crippen LogP contribution is 2.32. The number of ether oxygens (including phenoxy) is 2. The highest BCUT2D eigenvalue weighted by atomic mass is 16.5. The van der Waals surface area contributed by atoms with E-state index in [2.05, 4.69) is 10.3 Å². The fraction of sp³-hybridized carbons (Fsp3) is 0.536. The molecule has 36 heavy (non-hydrogen) atoms. The first-order valence-electron chi connectivity index (χ1n) is 13.2. The standard InChI is InChI=1S/C28H36N4O4/c1-20-6-11-29-19-26(20)32(28(34)22-17-30-18-22)23-2-4-24(5-3-23)36-25-7-12-31(13-8-25)27(33)16-21-9-14-35-15-10-21/h2-6,11,19,21-22,25,30H,7-10,12-18H2,1H3. The highest BCUT2D eigenvalue weighted by molar-refractivity contribution is 6.03. The summed E-state index contributed by atoms with van der Waals surface area (Å²) in [6.07, 6.45) is 7.85. The van der Waals surface area contributed by atoms with Gasteiger partial charge in [0.05, 0.1) is 17.8 Å². The average Bonchev–Trinajstić information content (AvgIpc) is 2.86. The molecule has 3 aliphatic heterocycles. The summed E-state index contributed by atoms with van der Waals surface area (Å²) in [5.74, 6) is 1.56. The fourth-order valence-electron chi connectivity index (χ4n) is 5.14. The van der Waals surface area contributed by atoms with Crippen LogP contribution in [0.4, 0.5) is 11.4 Å². The zero-order valence-corrected chi connectivity index (χ0v) is 21.0. The Hall–Kier alpha value is -2.97. The monoisotopic (exact) mass is 492 g/mol. The molecule has 0 aliphatic carbocycles. The van der Waals surface area contributed by atoms with Crippen molar-refractivity contribution in [2.24, 2.45) is 11.8 Å². The van der Waals surface area contributed by atoms with E-state index >= 15 is 0 Å². The maximum atomic E-state index is 13.3. The summed E-state index contributed by atoms with van der Waals surface area (Å²) in [5.41, 5.74) is 2.62. The van der Waals surface area contributed by atoms with Crippen molar-refractivity contribution >= 4 is 23.2 Å². The number of carbonyl (C=O) groups excluding carboxylic acids is 2. The summed E-state index contributed by atoms with van der Waals surface area (Å²) >= 11 is 0. The van der Waals surface area contributed by atoms with Gasteiger partial charge >= 0.3 is 0 Å². The molecule has 1 aromatic carbocycles. The molecule has 0 atom stereocenters. The van der Waals surface area contributed by atoms with Crippen molar-refractivity contribution in [3.63, 3.8) is 0 Å². The van der Waals surface area contributed by atoms with Crippen molar-refractivity contribution in [3.8, 4) is 5.75 Å². The number of amides is 2. The van der Waals surface area contributed by atoms with Gasteiger partial charge in [0.1, 0.15) is 11.9 Å². The minimum absolute atomic E-state index is 0.0279. The van der Waals surface area contributed by atoms with Crippen molar-refractivity contribution in [3.05, 3.63) is 48.3 Å². The molecule has 0 saturated carbocycles. The topological polar surface area (TPSA) is 84.0 Å². The Bertz CT molecular complexity index is 1040. The molecule has 0 radical (unpaired) electrons. The summed E-state index contributed by atoms with van der Waals surface area (Å²) in [5, 5.41) is 3.19. The van der Waals surface area contributed by atoms with Gasteiger partial charge in [-0.1, -0.05) is 0 Å². The van der Waals surface area contributed by atoms with Gasteiger partial charge in [0, 0.05) is 70.5 Å². The zero-order chi connectivity index (χ0) is 24.9. The molecule has 1 aromatic heterocycles. The van der Waals surface area contributed by atoms with Crippen LogP contribution in [0.25, 0.3) is 0 Å². The number of nitrogens with zero attached hydrogens (tertiary/aromatic N) is 3. The number of hydrogen-bond donors (Lipinski definition) is 1. The van der Waals surface area contributed by atoms with Gasteiger partial charge in [-0.05, 0) is 61.6 Å². The van der Waals surface area contributed by atoms with E-state index in [9.17, 15) is 9.59 Å². The molecule has 2 aromatic rings. The lowest BCUT2D eigenvalue weighted by molar-refractivity contribution is -0.134. The molecule has 8 nitrogen and oxygen atoms in total. The summed E-state index contributed by atoms with van der Waals surface area (Å²) in [4.78, 5) is 34.0. The number of carbonyl (C=O) groups is 2. The van der Waals surface area contributed by atoms with Crippen LogP contribution in [0.1, 0.15) is 37.7 Å². The van der Waals surface area contributed by atoms with Gasteiger partial charge in [0.25, 0.3) is 0 Å². The first-order valence-corrected chi connectivity index (χ1v) is 13.2. The number of piperidine rings is 1. The van der Waals surface area contributed by atoms with Gasteiger partial charge in [-0.15, -0.1) is 0 Å². The first-order chi connectivity index (χ1) is 17.6. The van der Waals surface area contributed by atoms with E-state index in [0.29, 0.717) is 25.4 Å². The second-order valence-corrected chi connectivity index (χ2v) is 10.1. The Kier molecular flexibility index (Phi) is 7.82. The Morgan fingerprint density at radius 1 is 1.08 bits per heavy atom. The number of pyridine rings is 1. The van der Waals surface area contributed by atoms with Crippen LogP contribution in [-0.2, 0) is 14.3 Å². The molecule has 3 aliphatic rings. The third kappa shape index (κ3) is 5.71. The summed E-state index contributed by atoms with van der Waals surface area (Å²) in [6, 6.07) is 9.68. The molecular formula is C28H36N4O4. The quantitative estimate of drug-likeness (QED) is 0.637. The predicted molar refractivity (Wildman–Crippen MR) is 137 cm³/mol. The zero-order valence-electron chi connectivity index (χ0n) is 21.0. The summed E-state index contributed by atoms with van der Waals surface area (Å²) in [7, 11) is 0. The number of likely N-dealkylation sites (tertiary alicyclic amines) is 1. The second-order valence-electron chi connectivity index (χ2n) is 10.1. The molecule has 0 unspecified atom stereocenters. The van der Waals surface area contributed by atoms with Crippen LogP contribution < -0.4 is 15.0 Å². The Labute approximate surface area is 213 Å². The number of nitrogens with one attached hydrogen (secondary N) is 1. The first kappa shape index (κ1) is 24.7. The Balaban J connectivity index is 1.18. The van der Waals surface area contributed by atoms with E-state index in [-0.39, 0.29) is 23.8 Å². The summed E-state index contributed by atoms with van der Waals surface area (Å²) in [6.45, 7) is 6.43. The molecule has 2 amide bonds. The molecular weight excluding hydrogens is 456 g/mol. The van der Waals surface area contributed by atoms with Crippen molar-refractivity contribution in [1.29, 1.82) is 0 Å². The van der Waals surface area contributed by atoms with Gasteiger partial charge in [0.2, 0.25) is 11.8 Å². The van der Waals surface area contributed by atoms with Crippen LogP contribution in [0.5, 0.6) is 5.75 Å². The predicted octanol–water partition coefficient (Wildman–Crippen LogP) is 3.46. The lowest BCUT2D eigenvalue weighted by atomic mass is 9.95. The number of aryl methyl sites for hydroxylation is 1. The second kappa shape index (κ2) is 11.4. The van der Waals surface area contributed by atoms with Crippen molar-refractivity contribution in [2.75, 3.05) is 44.3 Å². The van der Waals surface area contributed by atoms with Gasteiger partial charge < -0.3 is 19.7 Å². The third-order valence-corrected chi connectivity index (χ3v) is 7.60. The average molecular weight is 493 g/mol. The molecule has 192 valence electrons. The maximum Gasteiger partial charge on any atom is 0.237 e. The number of aromatic nitrogens is 1. The lowest BCUT2D eigenvalue weighted by Crippen LogP contribution is -2.51. The van der Waals surface area contributed by atoms with Crippen LogP contribution in [0.15, 0.2) is 42.7 Å². The molecule has 8 heteroatoms. The number of anilines is 2. The lowest BCUT2D eigenvalue weighted by Gasteiger charge is -2.34. The Morgan fingerprint density at radius 3 is 2.44 bits per heavy atom. The number of rotatable bonds is 7. The molecule has 0 bridgehead atoms. The van der Waals surface area contributed by atoms with Gasteiger partial charge in [-0.2, -0.15) is 0 Å². The molecule has 5 rings (SSSR count). The van der Waals surface area contributed by atoms with Crippen molar-refractivity contribution in [2.45, 2.75) is 45.1 Å². The van der Waals surface area contributed by atoms with Crippen molar-refractivity contribution < 1.29 is 19.1 Å². The van der Waals surface area contributed by atoms with E-state index in [4.69, 9.17) is 9.47 Å². The van der Waals surface area contributed by atoms with Crippen LogP contribution in [-0.4, -0.2) is 67.2 Å². The van der Waals surface area contributed by atoms with Gasteiger partial charge in [-0.25, -0.2) is 0 Å². The van der Waals surface area contributed by atoms with Crippen LogP contribution in [0.2, 0.25) is 0 Å². The van der Waals surface area contributed by atoms with E-state index in [1.54, 1.807) is 17.3 Å². The number of hydrogen-bond acceptors (Lipinski definition) is 6. The van der Waals surface area contributed by atoms with E-state index in [1.165, 1.54) is 0 Å². The maximum absolute atomic E-state index is 13.3. The minimum atomic E-state index is -0.0279. The molecule has 0 spiro atoms. The van der Waals surface area contributed by atoms with Crippen LogP contribution in [0, 0.1) is 18.8 Å². The summed E-state index contributed by atoms with van der Waals surface area (Å²) < 4.78 is 11.7. The molecule has 1 N–H and O–H groups in total. The third-order valence-electron chi connectivity index (χ3n) is 7.60.